The molecule has 0 aliphatic carbocycles. The van der Waals surface area contributed by atoms with Gasteiger partial charge in [-0.1, -0.05) is 13.3 Å². The predicted molar refractivity (Wildman–Crippen MR) is 67.9 cm³/mol. The molecule has 1 aromatic heterocycles. The summed E-state index contributed by atoms with van der Waals surface area (Å²) in [5.74, 6) is 0.931. The summed E-state index contributed by atoms with van der Waals surface area (Å²) in [5, 5.41) is 10.2. The molecule has 1 N–H and O–H groups in total. The van der Waals surface area contributed by atoms with Gasteiger partial charge in [0.1, 0.15) is 5.82 Å². The first-order chi connectivity index (χ1) is 8.22. The summed E-state index contributed by atoms with van der Waals surface area (Å²) < 4.78 is 7.63. The highest BCUT2D eigenvalue weighted by Gasteiger charge is 2.20. The molecule has 0 fully saturated rings. The topological polar surface area (TPSA) is 47.3 Å². The Morgan fingerprint density at radius 2 is 2.18 bits per heavy atom. The first-order valence-corrected chi connectivity index (χ1v) is 6.52. The molecule has 0 aromatic carbocycles. The largest absolute Gasteiger partial charge is 0.390 e. The number of aliphatic hydroxyl groups is 1. The lowest BCUT2D eigenvalue weighted by Crippen LogP contribution is -2.31. The highest BCUT2D eigenvalue weighted by Crippen LogP contribution is 2.12. The molecule has 0 amide bonds. The van der Waals surface area contributed by atoms with Crippen LogP contribution in [0.2, 0.25) is 0 Å². The summed E-state index contributed by atoms with van der Waals surface area (Å²) in [6.45, 7) is 7.66. The van der Waals surface area contributed by atoms with Crippen LogP contribution in [0.4, 0.5) is 0 Å². The van der Waals surface area contributed by atoms with Crippen LogP contribution in [0.5, 0.6) is 0 Å². The molecule has 2 unspecified atom stereocenters. The van der Waals surface area contributed by atoms with Gasteiger partial charge in [-0.25, -0.2) is 4.98 Å². The number of hydrogen-bond donors (Lipinski definition) is 1. The van der Waals surface area contributed by atoms with Crippen molar-refractivity contribution in [2.75, 3.05) is 6.61 Å². The Labute approximate surface area is 104 Å². The molecule has 0 spiro atoms. The third-order valence-corrected chi connectivity index (χ3v) is 2.92. The zero-order valence-corrected chi connectivity index (χ0v) is 11.1. The standard InChI is InChI=1S/C13H24N2O2/c1-4-7-12(17-6-3)11(16)10-13-14-8-9-15(13)5-2/h8-9,11-12,16H,4-7,10H2,1-3H3. The summed E-state index contributed by atoms with van der Waals surface area (Å²) in [5.41, 5.74) is 0. The average molecular weight is 240 g/mol. The number of rotatable bonds is 8. The molecule has 1 aromatic rings. The van der Waals surface area contributed by atoms with E-state index in [0.717, 1.165) is 25.2 Å². The van der Waals surface area contributed by atoms with E-state index in [2.05, 4.69) is 23.4 Å². The van der Waals surface area contributed by atoms with E-state index in [1.54, 1.807) is 6.20 Å². The number of aliphatic hydroxyl groups excluding tert-OH is 1. The fourth-order valence-electron chi connectivity index (χ4n) is 2.02. The number of imidazole rings is 1. The van der Waals surface area contributed by atoms with E-state index in [1.807, 2.05) is 13.1 Å². The van der Waals surface area contributed by atoms with Crippen molar-refractivity contribution in [3.8, 4) is 0 Å². The Bertz CT molecular complexity index is 306. The number of ether oxygens (including phenoxy) is 1. The molecule has 4 nitrogen and oxygen atoms in total. The average Bonchev–Trinajstić information content (AvgIpc) is 2.76. The van der Waals surface area contributed by atoms with Gasteiger partial charge in [-0.15, -0.1) is 0 Å². The van der Waals surface area contributed by atoms with Gasteiger partial charge in [-0.3, -0.25) is 0 Å². The fraction of sp³-hybridized carbons (Fsp3) is 0.769. The Kier molecular flexibility index (Phi) is 6.22. The molecular formula is C13H24N2O2. The maximum atomic E-state index is 10.2. The van der Waals surface area contributed by atoms with E-state index in [1.165, 1.54) is 0 Å². The second-order valence-corrected chi connectivity index (χ2v) is 4.18. The normalized spacial score (nSPS) is 14.8. The smallest absolute Gasteiger partial charge is 0.111 e. The highest BCUT2D eigenvalue weighted by molar-refractivity contribution is 4.95. The minimum atomic E-state index is -0.470. The Hall–Kier alpha value is -0.870. The third kappa shape index (κ3) is 4.13. The van der Waals surface area contributed by atoms with Crippen molar-refractivity contribution in [1.82, 2.24) is 9.55 Å². The zero-order chi connectivity index (χ0) is 12.7. The van der Waals surface area contributed by atoms with Crippen LogP contribution in [-0.4, -0.2) is 33.5 Å². The lowest BCUT2D eigenvalue weighted by atomic mass is 10.1. The maximum Gasteiger partial charge on any atom is 0.111 e. The van der Waals surface area contributed by atoms with Crippen molar-refractivity contribution in [2.24, 2.45) is 0 Å². The first-order valence-electron chi connectivity index (χ1n) is 6.52. The zero-order valence-electron chi connectivity index (χ0n) is 11.1. The molecule has 0 saturated heterocycles. The van der Waals surface area contributed by atoms with E-state index < -0.39 is 6.10 Å². The van der Waals surface area contributed by atoms with Gasteiger partial charge in [0.15, 0.2) is 0 Å². The second-order valence-electron chi connectivity index (χ2n) is 4.18. The molecule has 2 atom stereocenters. The van der Waals surface area contributed by atoms with E-state index in [0.29, 0.717) is 13.0 Å². The lowest BCUT2D eigenvalue weighted by molar-refractivity contribution is -0.0373. The summed E-state index contributed by atoms with van der Waals surface area (Å²) in [6, 6.07) is 0. The molecule has 0 aliphatic rings. The van der Waals surface area contributed by atoms with Crippen LogP contribution in [0.25, 0.3) is 0 Å². The molecule has 1 heterocycles. The van der Waals surface area contributed by atoms with Crippen LogP contribution in [0.15, 0.2) is 12.4 Å². The molecule has 0 bridgehead atoms. The summed E-state index contributed by atoms with van der Waals surface area (Å²) >= 11 is 0. The number of aryl methyl sites for hydroxylation is 1. The molecule has 98 valence electrons. The van der Waals surface area contributed by atoms with Crippen LogP contribution in [0.3, 0.4) is 0 Å². The number of hydrogen-bond acceptors (Lipinski definition) is 3. The van der Waals surface area contributed by atoms with Crippen LogP contribution in [0, 0.1) is 0 Å². The summed E-state index contributed by atoms with van der Waals surface area (Å²) in [6.07, 6.45) is 5.64. The molecule has 0 saturated carbocycles. The van der Waals surface area contributed by atoms with Crippen molar-refractivity contribution >= 4 is 0 Å². The van der Waals surface area contributed by atoms with Crippen molar-refractivity contribution in [3.05, 3.63) is 18.2 Å². The lowest BCUT2D eigenvalue weighted by Gasteiger charge is -2.22. The molecule has 17 heavy (non-hydrogen) atoms. The summed E-state index contributed by atoms with van der Waals surface area (Å²) in [4.78, 5) is 4.28. The van der Waals surface area contributed by atoms with Gasteiger partial charge in [0, 0.05) is 32.0 Å². The number of nitrogens with zero attached hydrogens (tertiary/aromatic N) is 2. The van der Waals surface area contributed by atoms with Gasteiger partial charge < -0.3 is 14.4 Å². The molecule has 0 radical (unpaired) electrons. The number of aromatic nitrogens is 2. The van der Waals surface area contributed by atoms with Gasteiger partial charge in [-0.2, -0.15) is 0 Å². The molecular weight excluding hydrogens is 216 g/mol. The van der Waals surface area contributed by atoms with Crippen LogP contribution >= 0.6 is 0 Å². The Morgan fingerprint density at radius 3 is 2.76 bits per heavy atom. The van der Waals surface area contributed by atoms with Gasteiger partial charge in [0.25, 0.3) is 0 Å². The van der Waals surface area contributed by atoms with E-state index in [4.69, 9.17) is 4.74 Å². The Morgan fingerprint density at radius 1 is 1.41 bits per heavy atom. The van der Waals surface area contributed by atoms with Gasteiger partial charge in [0.05, 0.1) is 12.2 Å². The SMILES string of the molecule is CCCC(OCC)C(O)Cc1nccn1CC. The highest BCUT2D eigenvalue weighted by atomic mass is 16.5. The van der Waals surface area contributed by atoms with Gasteiger partial charge >= 0.3 is 0 Å². The van der Waals surface area contributed by atoms with Crippen molar-refractivity contribution in [1.29, 1.82) is 0 Å². The van der Waals surface area contributed by atoms with Crippen LogP contribution in [0.1, 0.15) is 39.4 Å². The molecule has 1 rings (SSSR count). The quantitative estimate of drug-likeness (QED) is 0.756. The monoisotopic (exact) mass is 240 g/mol. The minimum absolute atomic E-state index is 0.0768. The summed E-state index contributed by atoms with van der Waals surface area (Å²) in [7, 11) is 0. The van der Waals surface area contributed by atoms with Gasteiger partial charge in [-0.05, 0) is 20.3 Å². The van der Waals surface area contributed by atoms with Gasteiger partial charge in [0.2, 0.25) is 0 Å². The third-order valence-electron chi connectivity index (χ3n) is 2.92. The minimum Gasteiger partial charge on any atom is -0.390 e. The molecule has 0 aliphatic heterocycles. The van der Waals surface area contributed by atoms with Crippen molar-refractivity contribution in [2.45, 2.75) is 58.8 Å². The fourth-order valence-corrected chi connectivity index (χ4v) is 2.02. The van der Waals surface area contributed by atoms with Crippen molar-refractivity contribution in [3.63, 3.8) is 0 Å². The van der Waals surface area contributed by atoms with E-state index in [9.17, 15) is 5.11 Å². The predicted octanol–water partition coefficient (Wildman–Crippen LogP) is 2.01. The van der Waals surface area contributed by atoms with E-state index in [-0.39, 0.29) is 6.10 Å². The maximum absolute atomic E-state index is 10.2. The van der Waals surface area contributed by atoms with E-state index >= 15 is 0 Å². The molecule has 4 heteroatoms. The second kappa shape index (κ2) is 7.45. The van der Waals surface area contributed by atoms with Crippen LogP contribution < -0.4 is 0 Å². The Balaban J connectivity index is 2.59. The first kappa shape index (κ1) is 14.2. The van der Waals surface area contributed by atoms with Crippen molar-refractivity contribution < 1.29 is 9.84 Å². The van der Waals surface area contributed by atoms with Crippen LogP contribution in [-0.2, 0) is 17.7 Å².